The van der Waals surface area contributed by atoms with Crippen LogP contribution in [-0.2, 0) is 9.59 Å². The van der Waals surface area contributed by atoms with Gasteiger partial charge >= 0.3 is 5.97 Å². The summed E-state index contributed by atoms with van der Waals surface area (Å²) in [6.07, 6.45) is 2.28. The fourth-order valence-electron chi connectivity index (χ4n) is 2.31. The number of nitro groups is 1. The molecule has 2 atom stereocenters. The highest BCUT2D eigenvalue weighted by Crippen LogP contribution is 2.33. The lowest BCUT2D eigenvalue weighted by molar-refractivity contribution is -0.384. The minimum Gasteiger partial charge on any atom is -0.480 e. The van der Waals surface area contributed by atoms with Crippen molar-refractivity contribution in [2.24, 2.45) is 5.92 Å². The van der Waals surface area contributed by atoms with Gasteiger partial charge in [-0.15, -0.1) is 0 Å². The van der Waals surface area contributed by atoms with Crippen molar-refractivity contribution in [2.75, 3.05) is 0 Å². The Hall–Kier alpha value is -2.97. The van der Waals surface area contributed by atoms with Crippen LogP contribution in [0, 0.1) is 16.0 Å². The summed E-state index contributed by atoms with van der Waals surface area (Å²) in [4.78, 5) is 45.5. The predicted octanol–water partition coefficient (Wildman–Crippen LogP) is 1.08. The SMILES string of the molecule is CC(NC(=O)c1cccc([N+](=O)[O-])c1)C(=O)NC(CC1CC1)C(=O)O. The molecule has 0 aromatic heterocycles. The van der Waals surface area contributed by atoms with Crippen LogP contribution in [0.15, 0.2) is 24.3 Å². The molecule has 25 heavy (non-hydrogen) atoms. The van der Waals surface area contributed by atoms with Crippen LogP contribution < -0.4 is 10.6 Å². The summed E-state index contributed by atoms with van der Waals surface area (Å²) in [5.41, 5.74) is -0.193. The maximum Gasteiger partial charge on any atom is 0.326 e. The van der Waals surface area contributed by atoms with Gasteiger partial charge in [-0.05, 0) is 25.3 Å². The second kappa shape index (κ2) is 7.73. The number of hydrogen-bond acceptors (Lipinski definition) is 5. The van der Waals surface area contributed by atoms with E-state index >= 15 is 0 Å². The number of nitro benzene ring substituents is 1. The zero-order chi connectivity index (χ0) is 18.6. The van der Waals surface area contributed by atoms with Crippen molar-refractivity contribution in [3.8, 4) is 0 Å². The molecule has 9 nitrogen and oxygen atoms in total. The average Bonchev–Trinajstić information content (AvgIpc) is 3.38. The summed E-state index contributed by atoms with van der Waals surface area (Å²) in [7, 11) is 0. The molecular formula is C16H19N3O6. The third-order valence-corrected chi connectivity index (χ3v) is 3.94. The van der Waals surface area contributed by atoms with Crippen molar-refractivity contribution in [3.63, 3.8) is 0 Å². The molecule has 0 saturated heterocycles. The first kappa shape index (κ1) is 18.4. The molecule has 0 radical (unpaired) electrons. The molecule has 9 heteroatoms. The number of carboxylic acid groups (broad SMARTS) is 1. The Morgan fingerprint density at radius 3 is 2.56 bits per heavy atom. The first-order valence-corrected chi connectivity index (χ1v) is 7.86. The fraction of sp³-hybridized carbons (Fsp3) is 0.438. The van der Waals surface area contributed by atoms with Gasteiger partial charge in [0.15, 0.2) is 0 Å². The van der Waals surface area contributed by atoms with Gasteiger partial charge < -0.3 is 15.7 Å². The molecule has 1 fully saturated rings. The van der Waals surface area contributed by atoms with Crippen molar-refractivity contribution in [1.82, 2.24) is 10.6 Å². The fourth-order valence-corrected chi connectivity index (χ4v) is 2.31. The monoisotopic (exact) mass is 349 g/mol. The van der Waals surface area contributed by atoms with Gasteiger partial charge in [-0.3, -0.25) is 19.7 Å². The van der Waals surface area contributed by atoms with E-state index in [-0.39, 0.29) is 11.3 Å². The van der Waals surface area contributed by atoms with Crippen molar-refractivity contribution in [2.45, 2.75) is 38.3 Å². The molecule has 1 aliphatic carbocycles. The predicted molar refractivity (Wildman–Crippen MR) is 86.9 cm³/mol. The number of nitrogens with one attached hydrogen (secondary N) is 2. The van der Waals surface area contributed by atoms with Gasteiger partial charge in [0.2, 0.25) is 5.91 Å². The molecule has 1 aliphatic rings. The summed E-state index contributed by atoms with van der Waals surface area (Å²) in [6, 6.07) is 3.15. The third kappa shape index (κ3) is 5.27. The molecule has 0 heterocycles. The Kier molecular flexibility index (Phi) is 5.68. The van der Waals surface area contributed by atoms with Crippen LogP contribution in [0.5, 0.6) is 0 Å². The largest absolute Gasteiger partial charge is 0.480 e. The van der Waals surface area contributed by atoms with Crippen LogP contribution >= 0.6 is 0 Å². The Labute approximate surface area is 143 Å². The zero-order valence-corrected chi connectivity index (χ0v) is 13.6. The Balaban J connectivity index is 1.95. The topological polar surface area (TPSA) is 139 Å². The van der Waals surface area contributed by atoms with Crippen LogP contribution in [0.2, 0.25) is 0 Å². The number of rotatable bonds is 8. The Morgan fingerprint density at radius 1 is 1.32 bits per heavy atom. The zero-order valence-electron chi connectivity index (χ0n) is 13.6. The van der Waals surface area contributed by atoms with Gasteiger partial charge in [0.1, 0.15) is 12.1 Å². The molecule has 2 unspecified atom stereocenters. The van der Waals surface area contributed by atoms with E-state index in [2.05, 4.69) is 10.6 Å². The summed E-state index contributed by atoms with van der Waals surface area (Å²) in [5, 5.41) is 24.7. The Morgan fingerprint density at radius 2 is 2.00 bits per heavy atom. The molecule has 1 aromatic rings. The van der Waals surface area contributed by atoms with Crippen LogP contribution in [0.3, 0.4) is 0 Å². The standard InChI is InChI=1S/C16H19N3O6/c1-9(14(20)18-13(16(22)23)7-10-5-6-10)17-15(21)11-3-2-4-12(8-11)19(24)25/h2-4,8-10,13H,5-7H2,1H3,(H,17,21)(H,18,20)(H,22,23). The van der Waals surface area contributed by atoms with E-state index < -0.39 is 34.8 Å². The van der Waals surface area contributed by atoms with Crippen molar-refractivity contribution < 1.29 is 24.4 Å². The van der Waals surface area contributed by atoms with Gasteiger partial charge in [-0.25, -0.2) is 4.79 Å². The van der Waals surface area contributed by atoms with Crippen LogP contribution in [0.1, 0.15) is 36.5 Å². The van der Waals surface area contributed by atoms with E-state index in [1.165, 1.54) is 25.1 Å². The summed E-state index contributed by atoms with van der Waals surface area (Å²) < 4.78 is 0. The van der Waals surface area contributed by atoms with Crippen molar-refractivity contribution in [1.29, 1.82) is 0 Å². The minimum atomic E-state index is -1.11. The van der Waals surface area contributed by atoms with E-state index in [1.54, 1.807) is 0 Å². The van der Waals surface area contributed by atoms with Gasteiger partial charge in [-0.1, -0.05) is 18.9 Å². The van der Waals surface area contributed by atoms with E-state index in [4.69, 9.17) is 5.11 Å². The average molecular weight is 349 g/mol. The molecular weight excluding hydrogens is 330 g/mol. The molecule has 0 aliphatic heterocycles. The van der Waals surface area contributed by atoms with E-state index in [0.29, 0.717) is 12.3 Å². The third-order valence-electron chi connectivity index (χ3n) is 3.94. The first-order chi connectivity index (χ1) is 11.8. The van der Waals surface area contributed by atoms with Crippen molar-refractivity contribution >= 4 is 23.5 Å². The lowest BCUT2D eigenvalue weighted by Gasteiger charge is -2.18. The lowest BCUT2D eigenvalue weighted by Crippen LogP contribution is -2.50. The van der Waals surface area contributed by atoms with Crippen LogP contribution in [0.25, 0.3) is 0 Å². The second-order valence-electron chi connectivity index (χ2n) is 6.08. The van der Waals surface area contributed by atoms with Crippen LogP contribution in [0.4, 0.5) is 5.69 Å². The number of hydrogen-bond donors (Lipinski definition) is 3. The van der Waals surface area contributed by atoms with E-state index in [1.807, 2.05) is 0 Å². The van der Waals surface area contributed by atoms with E-state index in [9.17, 15) is 24.5 Å². The molecule has 3 N–H and O–H groups in total. The van der Waals surface area contributed by atoms with Crippen molar-refractivity contribution in [3.05, 3.63) is 39.9 Å². The number of carboxylic acids is 1. The molecule has 0 spiro atoms. The van der Waals surface area contributed by atoms with Gasteiger partial charge in [0.05, 0.1) is 4.92 Å². The van der Waals surface area contributed by atoms with Gasteiger partial charge in [0.25, 0.3) is 11.6 Å². The molecule has 2 amide bonds. The molecule has 0 bridgehead atoms. The van der Waals surface area contributed by atoms with E-state index in [0.717, 1.165) is 18.9 Å². The molecule has 1 saturated carbocycles. The molecule has 1 aromatic carbocycles. The van der Waals surface area contributed by atoms with Gasteiger partial charge in [-0.2, -0.15) is 0 Å². The number of amides is 2. The highest BCUT2D eigenvalue weighted by atomic mass is 16.6. The second-order valence-corrected chi connectivity index (χ2v) is 6.08. The number of non-ortho nitro benzene ring substituents is 1. The first-order valence-electron chi connectivity index (χ1n) is 7.86. The summed E-state index contributed by atoms with van der Waals surface area (Å²) in [6.45, 7) is 1.42. The number of carbonyl (C=O) groups is 3. The summed E-state index contributed by atoms with van der Waals surface area (Å²) >= 11 is 0. The lowest BCUT2D eigenvalue weighted by atomic mass is 10.1. The maximum atomic E-state index is 12.1. The number of nitrogens with zero attached hydrogens (tertiary/aromatic N) is 1. The maximum absolute atomic E-state index is 12.1. The highest BCUT2D eigenvalue weighted by molar-refractivity contribution is 5.98. The quantitative estimate of drug-likeness (QED) is 0.474. The summed E-state index contributed by atoms with van der Waals surface area (Å²) in [5.74, 6) is -2.07. The highest BCUT2D eigenvalue weighted by Gasteiger charge is 2.31. The molecule has 2 rings (SSSR count). The van der Waals surface area contributed by atoms with Crippen LogP contribution in [-0.4, -0.2) is 39.9 Å². The number of carbonyl (C=O) groups excluding carboxylic acids is 2. The normalized spacial score (nSPS) is 15.7. The number of benzene rings is 1. The molecule has 134 valence electrons. The smallest absolute Gasteiger partial charge is 0.326 e. The minimum absolute atomic E-state index is 0.0432. The van der Waals surface area contributed by atoms with Gasteiger partial charge in [0, 0.05) is 17.7 Å². The number of aliphatic carboxylic acids is 1. The Bertz CT molecular complexity index is 701.